The fourth-order valence-corrected chi connectivity index (χ4v) is 2.97. The van der Waals surface area contributed by atoms with Crippen molar-refractivity contribution in [1.29, 1.82) is 0 Å². The van der Waals surface area contributed by atoms with E-state index in [-0.39, 0.29) is 17.7 Å². The van der Waals surface area contributed by atoms with Crippen molar-refractivity contribution in [2.75, 3.05) is 7.05 Å². The third kappa shape index (κ3) is 5.08. The van der Waals surface area contributed by atoms with Crippen LogP contribution in [0, 0.1) is 0 Å². The van der Waals surface area contributed by atoms with E-state index in [1.54, 1.807) is 42.4 Å². The lowest BCUT2D eigenvalue weighted by Gasteiger charge is -2.24. The average molecular weight is 388 g/mol. The molecule has 0 radical (unpaired) electrons. The van der Waals surface area contributed by atoms with Gasteiger partial charge in [0.05, 0.1) is 11.7 Å². The van der Waals surface area contributed by atoms with E-state index in [2.05, 4.69) is 4.98 Å². The predicted octanol–water partition coefficient (Wildman–Crippen LogP) is 4.70. The standard InChI is InChI=1S/C24H24N2O3/c1-17(23-12-4-5-13-25-23)26(3)24(28)21-10-6-8-19(14-21)16-29-22-11-7-9-20(15-22)18(2)27/h4-15,17H,16H2,1-3H3. The predicted molar refractivity (Wildman–Crippen MR) is 112 cm³/mol. The highest BCUT2D eigenvalue weighted by Crippen LogP contribution is 2.20. The molecule has 5 heteroatoms. The van der Waals surface area contributed by atoms with Crippen molar-refractivity contribution in [3.8, 4) is 5.75 Å². The number of Topliss-reactive ketones (excluding diaryl/α,β-unsaturated/α-hetero) is 1. The Morgan fingerprint density at radius 2 is 1.76 bits per heavy atom. The summed E-state index contributed by atoms with van der Waals surface area (Å²) in [5.41, 5.74) is 2.92. The number of nitrogens with zero attached hydrogens (tertiary/aromatic N) is 2. The molecule has 1 heterocycles. The summed E-state index contributed by atoms with van der Waals surface area (Å²) in [6, 6.07) is 20.0. The van der Waals surface area contributed by atoms with Gasteiger partial charge in [-0.2, -0.15) is 0 Å². The van der Waals surface area contributed by atoms with Crippen molar-refractivity contribution >= 4 is 11.7 Å². The summed E-state index contributed by atoms with van der Waals surface area (Å²) < 4.78 is 5.81. The van der Waals surface area contributed by atoms with E-state index in [0.717, 1.165) is 11.3 Å². The Kier molecular flexibility index (Phi) is 6.39. The molecule has 3 aromatic rings. The van der Waals surface area contributed by atoms with Crippen molar-refractivity contribution in [1.82, 2.24) is 9.88 Å². The summed E-state index contributed by atoms with van der Waals surface area (Å²) in [6.45, 7) is 3.79. The van der Waals surface area contributed by atoms with Crippen molar-refractivity contribution in [2.45, 2.75) is 26.5 Å². The van der Waals surface area contributed by atoms with Crippen LogP contribution in [0.2, 0.25) is 0 Å². The molecule has 0 saturated carbocycles. The highest BCUT2D eigenvalue weighted by Gasteiger charge is 2.20. The van der Waals surface area contributed by atoms with Crippen molar-refractivity contribution in [3.05, 3.63) is 95.3 Å². The fraction of sp³-hybridized carbons (Fsp3) is 0.208. The zero-order valence-corrected chi connectivity index (χ0v) is 16.8. The molecule has 0 N–H and O–H groups in total. The maximum Gasteiger partial charge on any atom is 0.254 e. The van der Waals surface area contributed by atoms with E-state index in [4.69, 9.17) is 4.74 Å². The normalized spacial score (nSPS) is 11.6. The number of aromatic nitrogens is 1. The molecule has 0 saturated heterocycles. The number of amides is 1. The van der Waals surface area contributed by atoms with E-state index < -0.39 is 0 Å². The summed E-state index contributed by atoms with van der Waals surface area (Å²) >= 11 is 0. The van der Waals surface area contributed by atoms with Crippen LogP contribution in [0.25, 0.3) is 0 Å². The molecule has 29 heavy (non-hydrogen) atoms. The number of hydrogen-bond donors (Lipinski definition) is 0. The van der Waals surface area contributed by atoms with Gasteiger partial charge >= 0.3 is 0 Å². The van der Waals surface area contributed by atoms with E-state index in [0.29, 0.717) is 23.5 Å². The Hall–Kier alpha value is -3.47. The lowest BCUT2D eigenvalue weighted by atomic mass is 10.1. The number of rotatable bonds is 7. The van der Waals surface area contributed by atoms with Crippen molar-refractivity contribution < 1.29 is 14.3 Å². The molecule has 1 amide bonds. The first-order valence-electron chi connectivity index (χ1n) is 9.46. The molecule has 0 fully saturated rings. The Morgan fingerprint density at radius 1 is 1.00 bits per heavy atom. The number of carbonyl (C=O) groups excluding carboxylic acids is 2. The van der Waals surface area contributed by atoms with Crippen LogP contribution in [0.5, 0.6) is 5.75 Å². The maximum atomic E-state index is 12.9. The minimum absolute atomic E-state index is 0.00638. The number of carbonyl (C=O) groups is 2. The van der Waals surface area contributed by atoms with Gasteiger partial charge in [-0.3, -0.25) is 14.6 Å². The largest absolute Gasteiger partial charge is 0.489 e. The Morgan fingerprint density at radius 3 is 2.48 bits per heavy atom. The number of ketones is 1. The van der Waals surface area contributed by atoms with E-state index in [1.165, 1.54) is 6.92 Å². The van der Waals surface area contributed by atoms with Crippen LogP contribution in [0.3, 0.4) is 0 Å². The number of hydrogen-bond acceptors (Lipinski definition) is 4. The highest BCUT2D eigenvalue weighted by atomic mass is 16.5. The van der Waals surface area contributed by atoms with E-state index in [1.807, 2.05) is 49.4 Å². The SMILES string of the molecule is CC(=O)c1cccc(OCc2cccc(C(=O)N(C)C(C)c3ccccn3)c2)c1. The lowest BCUT2D eigenvalue weighted by molar-refractivity contribution is 0.0739. The number of benzene rings is 2. The second-order valence-electron chi connectivity index (χ2n) is 6.92. The van der Waals surface area contributed by atoms with Gasteiger partial charge in [0.1, 0.15) is 12.4 Å². The first-order valence-corrected chi connectivity index (χ1v) is 9.46. The molecule has 5 nitrogen and oxygen atoms in total. The van der Waals surface area contributed by atoms with Crippen LogP contribution in [0.1, 0.15) is 51.9 Å². The topological polar surface area (TPSA) is 59.5 Å². The quantitative estimate of drug-likeness (QED) is 0.551. The summed E-state index contributed by atoms with van der Waals surface area (Å²) in [4.78, 5) is 30.5. The van der Waals surface area contributed by atoms with Gasteiger partial charge in [0.15, 0.2) is 5.78 Å². The van der Waals surface area contributed by atoms with E-state index >= 15 is 0 Å². The average Bonchev–Trinajstić information content (AvgIpc) is 2.77. The fourth-order valence-electron chi connectivity index (χ4n) is 2.97. The zero-order chi connectivity index (χ0) is 20.8. The molecule has 0 aliphatic carbocycles. The molecule has 3 rings (SSSR count). The summed E-state index contributed by atoms with van der Waals surface area (Å²) in [7, 11) is 1.78. The molecule has 2 aromatic carbocycles. The minimum atomic E-state index is -0.141. The lowest BCUT2D eigenvalue weighted by Crippen LogP contribution is -2.30. The highest BCUT2D eigenvalue weighted by molar-refractivity contribution is 5.95. The van der Waals surface area contributed by atoms with Gasteiger partial charge in [-0.05, 0) is 55.8 Å². The minimum Gasteiger partial charge on any atom is -0.489 e. The van der Waals surface area contributed by atoms with Crippen LogP contribution in [0.4, 0.5) is 0 Å². The Bertz CT molecular complexity index is 1000. The van der Waals surface area contributed by atoms with Crippen LogP contribution in [0.15, 0.2) is 72.9 Å². The van der Waals surface area contributed by atoms with Crippen LogP contribution < -0.4 is 4.74 Å². The molecule has 0 aliphatic rings. The molecule has 0 bridgehead atoms. The molecular weight excluding hydrogens is 364 g/mol. The number of ether oxygens (including phenoxy) is 1. The van der Waals surface area contributed by atoms with Gasteiger partial charge < -0.3 is 9.64 Å². The molecule has 1 atom stereocenters. The van der Waals surface area contributed by atoms with Crippen LogP contribution >= 0.6 is 0 Å². The van der Waals surface area contributed by atoms with Gasteiger partial charge in [-0.15, -0.1) is 0 Å². The molecule has 0 spiro atoms. The third-order valence-corrected chi connectivity index (χ3v) is 4.84. The van der Waals surface area contributed by atoms with Gasteiger partial charge in [-0.25, -0.2) is 0 Å². The Labute approximate surface area is 171 Å². The molecule has 1 unspecified atom stereocenters. The first-order chi connectivity index (χ1) is 14.0. The van der Waals surface area contributed by atoms with Crippen LogP contribution in [-0.4, -0.2) is 28.6 Å². The van der Waals surface area contributed by atoms with Gasteiger partial charge in [0.2, 0.25) is 0 Å². The summed E-state index contributed by atoms with van der Waals surface area (Å²) in [5.74, 6) is 0.534. The monoisotopic (exact) mass is 388 g/mol. The summed E-state index contributed by atoms with van der Waals surface area (Å²) in [6.07, 6.45) is 1.73. The first kappa shape index (κ1) is 20.3. The molecular formula is C24H24N2O3. The molecule has 1 aromatic heterocycles. The van der Waals surface area contributed by atoms with Gasteiger partial charge in [0.25, 0.3) is 5.91 Å². The van der Waals surface area contributed by atoms with Gasteiger partial charge in [-0.1, -0.05) is 30.3 Å². The van der Waals surface area contributed by atoms with Crippen molar-refractivity contribution in [2.24, 2.45) is 0 Å². The molecule has 148 valence electrons. The molecule has 0 aliphatic heterocycles. The second-order valence-corrected chi connectivity index (χ2v) is 6.92. The second kappa shape index (κ2) is 9.15. The van der Waals surface area contributed by atoms with Crippen molar-refractivity contribution in [3.63, 3.8) is 0 Å². The summed E-state index contributed by atoms with van der Waals surface area (Å²) in [5, 5.41) is 0. The third-order valence-electron chi connectivity index (χ3n) is 4.84. The van der Waals surface area contributed by atoms with Crippen LogP contribution in [-0.2, 0) is 6.61 Å². The Balaban J connectivity index is 1.69. The smallest absolute Gasteiger partial charge is 0.254 e. The van der Waals surface area contributed by atoms with E-state index in [9.17, 15) is 9.59 Å². The number of pyridine rings is 1. The zero-order valence-electron chi connectivity index (χ0n) is 16.8. The maximum absolute atomic E-state index is 12.9. The van der Waals surface area contributed by atoms with Gasteiger partial charge in [0, 0.05) is 24.4 Å².